The highest BCUT2D eigenvalue weighted by Gasteiger charge is 2.45. The minimum atomic E-state index is -0.643. The van der Waals surface area contributed by atoms with Gasteiger partial charge >= 0.3 is 0 Å². The number of carbonyl (C=O) groups excluding carboxylic acids is 2. The third-order valence-corrected chi connectivity index (χ3v) is 6.84. The third kappa shape index (κ3) is 5.63. The predicted octanol–water partition coefficient (Wildman–Crippen LogP) is 4.24. The maximum atomic E-state index is 13.3. The van der Waals surface area contributed by atoms with Crippen LogP contribution in [0.15, 0.2) is 48.0 Å². The van der Waals surface area contributed by atoms with Crippen molar-refractivity contribution in [2.75, 3.05) is 46.0 Å². The van der Waals surface area contributed by atoms with E-state index in [0.29, 0.717) is 24.5 Å². The highest BCUT2D eigenvalue weighted by molar-refractivity contribution is 6.46. The molecule has 2 aromatic rings. The molecule has 7 heteroatoms. The SMILES string of the molecule is CCCOc1ccc(C(O)=C2C(=O)C(=O)N(CCCN3CCOCC3)C2c2ccc(C)cc2)c(C)c1. The summed E-state index contributed by atoms with van der Waals surface area (Å²) in [5.74, 6) is -0.640. The molecule has 4 rings (SSSR count). The summed E-state index contributed by atoms with van der Waals surface area (Å²) in [5.41, 5.74) is 3.35. The number of ether oxygens (including phenoxy) is 2. The lowest BCUT2D eigenvalue weighted by Crippen LogP contribution is -2.38. The number of aliphatic hydroxyl groups is 1. The topological polar surface area (TPSA) is 79.3 Å². The molecule has 7 nitrogen and oxygen atoms in total. The Kier molecular flexibility index (Phi) is 8.44. The van der Waals surface area contributed by atoms with Gasteiger partial charge in [-0.1, -0.05) is 36.8 Å². The van der Waals surface area contributed by atoms with Crippen molar-refractivity contribution in [1.29, 1.82) is 0 Å². The second-order valence-electron chi connectivity index (χ2n) is 9.54. The van der Waals surface area contributed by atoms with Crippen LogP contribution in [-0.2, 0) is 14.3 Å². The molecule has 2 saturated heterocycles. The molecule has 36 heavy (non-hydrogen) atoms. The zero-order valence-electron chi connectivity index (χ0n) is 21.5. The summed E-state index contributed by atoms with van der Waals surface area (Å²) in [7, 11) is 0. The fourth-order valence-corrected chi connectivity index (χ4v) is 4.85. The van der Waals surface area contributed by atoms with Gasteiger partial charge in [0, 0.05) is 31.7 Å². The van der Waals surface area contributed by atoms with Crippen LogP contribution in [-0.4, -0.2) is 72.6 Å². The number of Topliss-reactive ketones (excluding diaryl/α,β-unsaturated/α-hetero) is 1. The van der Waals surface area contributed by atoms with Gasteiger partial charge in [-0.15, -0.1) is 0 Å². The minimum Gasteiger partial charge on any atom is -0.507 e. The van der Waals surface area contributed by atoms with E-state index in [1.165, 1.54) is 0 Å². The fraction of sp³-hybridized carbons (Fsp3) is 0.448. The molecule has 1 amide bonds. The van der Waals surface area contributed by atoms with E-state index < -0.39 is 17.7 Å². The number of hydrogen-bond acceptors (Lipinski definition) is 6. The van der Waals surface area contributed by atoms with Crippen molar-refractivity contribution in [3.05, 3.63) is 70.3 Å². The van der Waals surface area contributed by atoms with Crippen LogP contribution >= 0.6 is 0 Å². The molecule has 1 atom stereocenters. The molecule has 2 aliphatic heterocycles. The zero-order chi connectivity index (χ0) is 25.7. The number of hydrogen-bond donors (Lipinski definition) is 1. The normalized spacial score (nSPS) is 20.2. The standard InChI is InChI=1S/C29H36N2O5/c1-4-16-36-23-10-11-24(21(3)19-23)27(32)25-26(22-8-6-20(2)7-9-22)31(29(34)28(25)33)13-5-12-30-14-17-35-18-15-30/h6-11,19,26,32H,4-5,12-18H2,1-3H3. The smallest absolute Gasteiger partial charge is 0.295 e. The highest BCUT2D eigenvalue weighted by atomic mass is 16.5. The Labute approximate surface area is 213 Å². The summed E-state index contributed by atoms with van der Waals surface area (Å²) in [6, 6.07) is 12.6. The molecule has 192 valence electrons. The number of rotatable bonds is 9. The van der Waals surface area contributed by atoms with E-state index in [0.717, 1.165) is 62.4 Å². The molecule has 0 bridgehead atoms. The second-order valence-corrected chi connectivity index (χ2v) is 9.54. The number of nitrogens with zero attached hydrogens (tertiary/aromatic N) is 2. The molecule has 0 spiro atoms. The van der Waals surface area contributed by atoms with Crippen LogP contribution in [0.1, 0.15) is 48.1 Å². The lowest BCUT2D eigenvalue weighted by atomic mass is 9.93. The van der Waals surface area contributed by atoms with Crippen LogP contribution in [0.3, 0.4) is 0 Å². The molecular formula is C29H36N2O5. The van der Waals surface area contributed by atoms with E-state index in [-0.39, 0.29) is 11.3 Å². The summed E-state index contributed by atoms with van der Waals surface area (Å²) in [4.78, 5) is 30.5. The highest BCUT2D eigenvalue weighted by Crippen LogP contribution is 2.40. The molecule has 0 saturated carbocycles. The first-order chi connectivity index (χ1) is 17.4. The summed E-state index contributed by atoms with van der Waals surface area (Å²) >= 11 is 0. The predicted molar refractivity (Wildman–Crippen MR) is 139 cm³/mol. The van der Waals surface area contributed by atoms with Gasteiger partial charge in [0.15, 0.2) is 0 Å². The molecule has 1 N–H and O–H groups in total. The largest absolute Gasteiger partial charge is 0.507 e. The maximum absolute atomic E-state index is 13.3. The van der Waals surface area contributed by atoms with Gasteiger partial charge in [-0.05, 0) is 56.0 Å². The van der Waals surface area contributed by atoms with Gasteiger partial charge in [0.2, 0.25) is 0 Å². The van der Waals surface area contributed by atoms with Crippen molar-refractivity contribution in [3.8, 4) is 5.75 Å². The first-order valence-electron chi connectivity index (χ1n) is 12.8. The zero-order valence-corrected chi connectivity index (χ0v) is 21.5. The minimum absolute atomic E-state index is 0.139. The first kappa shape index (κ1) is 25.9. The van der Waals surface area contributed by atoms with E-state index in [9.17, 15) is 14.7 Å². The van der Waals surface area contributed by atoms with Crippen molar-refractivity contribution in [2.24, 2.45) is 0 Å². The van der Waals surface area contributed by atoms with Crippen LogP contribution in [0.25, 0.3) is 5.76 Å². The summed E-state index contributed by atoms with van der Waals surface area (Å²) < 4.78 is 11.1. The lowest BCUT2D eigenvalue weighted by Gasteiger charge is -2.29. The number of carbonyl (C=O) groups is 2. The van der Waals surface area contributed by atoms with Gasteiger partial charge in [-0.3, -0.25) is 14.5 Å². The van der Waals surface area contributed by atoms with Gasteiger partial charge in [-0.2, -0.15) is 0 Å². The Morgan fingerprint density at radius 3 is 2.44 bits per heavy atom. The number of morpholine rings is 1. The monoisotopic (exact) mass is 492 g/mol. The number of ketones is 1. The van der Waals surface area contributed by atoms with Crippen LogP contribution in [0.5, 0.6) is 5.75 Å². The van der Waals surface area contributed by atoms with Crippen molar-refractivity contribution < 1.29 is 24.2 Å². The van der Waals surface area contributed by atoms with E-state index in [1.807, 2.05) is 51.1 Å². The fourth-order valence-electron chi connectivity index (χ4n) is 4.85. The third-order valence-electron chi connectivity index (χ3n) is 6.84. The van der Waals surface area contributed by atoms with Crippen LogP contribution in [0, 0.1) is 13.8 Å². The van der Waals surface area contributed by atoms with Crippen molar-refractivity contribution >= 4 is 17.4 Å². The quantitative estimate of drug-likeness (QED) is 0.321. The molecule has 0 aliphatic carbocycles. The molecule has 2 aromatic carbocycles. The van der Waals surface area contributed by atoms with Crippen LogP contribution < -0.4 is 4.74 Å². The molecule has 1 unspecified atom stereocenters. The molecule has 2 aliphatic rings. The lowest BCUT2D eigenvalue weighted by molar-refractivity contribution is -0.140. The van der Waals surface area contributed by atoms with E-state index >= 15 is 0 Å². The van der Waals surface area contributed by atoms with E-state index in [1.54, 1.807) is 17.0 Å². The van der Waals surface area contributed by atoms with Crippen molar-refractivity contribution in [3.63, 3.8) is 0 Å². The second kappa shape index (κ2) is 11.7. The molecular weight excluding hydrogens is 456 g/mol. The van der Waals surface area contributed by atoms with E-state index in [2.05, 4.69) is 4.90 Å². The Balaban J connectivity index is 1.66. The van der Waals surface area contributed by atoms with E-state index in [4.69, 9.17) is 9.47 Å². The number of likely N-dealkylation sites (tertiary alicyclic amines) is 1. The average Bonchev–Trinajstić information content (AvgIpc) is 3.13. The van der Waals surface area contributed by atoms with Crippen molar-refractivity contribution in [2.45, 2.75) is 39.7 Å². The number of aliphatic hydroxyl groups excluding tert-OH is 1. The molecule has 2 fully saturated rings. The first-order valence-corrected chi connectivity index (χ1v) is 12.8. The Morgan fingerprint density at radius 1 is 1.06 bits per heavy atom. The number of aryl methyl sites for hydroxylation is 2. The molecule has 0 radical (unpaired) electrons. The summed E-state index contributed by atoms with van der Waals surface area (Å²) in [5, 5.41) is 11.4. The maximum Gasteiger partial charge on any atom is 0.295 e. The number of benzene rings is 2. The summed E-state index contributed by atoms with van der Waals surface area (Å²) in [6.07, 6.45) is 1.63. The van der Waals surface area contributed by atoms with Gasteiger partial charge in [0.05, 0.1) is 31.4 Å². The van der Waals surface area contributed by atoms with Gasteiger partial charge in [0.25, 0.3) is 11.7 Å². The van der Waals surface area contributed by atoms with Gasteiger partial charge < -0.3 is 19.5 Å². The van der Waals surface area contributed by atoms with Gasteiger partial charge in [-0.25, -0.2) is 0 Å². The molecule has 0 aromatic heterocycles. The Hall–Kier alpha value is -3.16. The van der Waals surface area contributed by atoms with Crippen molar-refractivity contribution in [1.82, 2.24) is 9.80 Å². The Morgan fingerprint density at radius 2 is 1.78 bits per heavy atom. The average molecular weight is 493 g/mol. The van der Waals surface area contributed by atoms with Crippen LogP contribution in [0.2, 0.25) is 0 Å². The number of amides is 1. The molecule has 2 heterocycles. The summed E-state index contributed by atoms with van der Waals surface area (Å²) in [6.45, 7) is 10.9. The van der Waals surface area contributed by atoms with Crippen LogP contribution in [0.4, 0.5) is 0 Å². The van der Waals surface area contributed by atoms with Gasteiger partial charge in [0.1, 0.15) is 11.5 Å². The Bertz CT molecular complexity index is 1120.